The molecule has 6 rings (SSSR count). The van der Waals surface area contributed by atoms with Crippen LogP contribution in [0.1, 0.15) is 37.9 Å². The second-order valence-electron chi connectivity index (χ2n) is 8.88. The van der Waals surface area contributed by atoms with Crippen LogP contribution in [0.5, 0.6) is 0 Å². The first-order chi connectivity index (χ1) is 16.3. The molecule has 2 saturated heterocycles. The number of aryl methyl sites for hydroxylation is 1. The van der Waals surface area contributed by atoms with Gasteiger partial charge in [-0.15, -0.1) is 0 Å². The summed E-state index contributed by atoms with van der Waals surface area (Å²) in [4.78, 5) is 55.8. The lowest BCUT2D eigenvalue weighted by Crippen LogP contribution is -2.51. The second kappa shape index (κ2) is 7.01. The zero-order valence-electron chi connectivity index (χ0n) is 18.0. The van der Waals surface area contributed by atoms with E-state index < -0.39 is 52.7 Å². The van der Waals surface area contributed by atoms with Crippen molar-refractivity contribution in [1.29, 1.82) is 0 Å². The number of carbonyl (C=O) groups is 4. The van der Waals surface area contributed by atoms with Gasteiger partial charge in [-0.25, -0.2) is 9.29 Å². The maximum Gasteiger partial charge on any atom is 0.241 e. The number of rotatable bonds is 2. The van der Waals surface area contributed by atoms with Crippen molar-refractivity contribution < 1.29 is 28.3 Å². The maximum absolute atomic E-state index is 14.1. The third-order valence-corrected chi connectivity index (χ3v) is 6.99. The van der Waals surface area contributed by atoms with Gasteiger partial charge in [0.1, 0.15) is 5.82 Å². The van der Waals surface area contributed by atoms with Gasteiger partial charge in [-0.2, -0.15) is 0 Å². The summed E-state index contributed by atoms with van der Waals surface area (Å²) < 4.78 is 20.2. The van der Waals surface area contributed by atoms with Crippen LogP contribution in [0.2, 0.25) is 0 Å². The Labute approximate surface area is 193 Å². The summed E-state index contributed by atoms with van der Waals surface area (Å²) in [5.41, 5.74) is -0.288. The van der Waals surface area contributed by atoms with Gasteiger partial charge >= 0.3 is 0 Å². The van der Waals surface area contributed by atoms with Crippen LogP contribution in [-0.2, 0) is 14.3 Å². The number of fused-ring (bicyclic) bond motifs is 3. The molecule has 0 bridgehead atoms. The number of hydrogen-bond donors (Lipinski definition) is 0. The minimum atomic E-state index is -2.17. The molecule has 3 unspecified atom stereocenters. The highest BCUT2D eigenvalue weighted by Gasteiger charge is 2.74. The normalized spacial score (nSPS) is 24.8. The van der Waals surface area contributed by atoms with Crippen molar-refractivity contribution in [2.24, 2.45) is 11.8 Å². The fourth-order valence-corrected chi connectivity index (χ4v) is 5.45. The van der Waals surface area contributed by atoms with Gasteiger partial charge in [0.2, 0.25) is 29.0 Å². The largest absolute Gasteiger partial charge is 0.349 e. The molecule has 0 radical (unpaired) electrons. The number of imide groups is 1. The minimum absolute atomic E-state index is 0.153. The highest BCUT2D eigenvalue weighted by atomic mass is 19.1. The van der Waals surface area contributed by atoms with Crippen LogP contribution in [0, 0.1) is 24.6 Å². The average Bonchev–Trinajstić information content (AvgIpc) is 3.40. The lowest BCUT2D eigenvalue weighted by molar-refractivity contribution is -0.127. The minimum Gasteiger partial charge on any atom is -0.349 e. The fraction of sp³-hybridized carbons (Fsp3) is 0.185. The number of carbonyl (C=O) groups excluding carboxylic acids is 4. The van der Waals surface area contributed by atoms with Crippen LogP contribution < -0.4 is 4.90 Å². The van der Waals surface area contributed by atoms with Gasteiger partial charge in [0.05, 0.1) is 23.6 Å². The molecule has 0 saturated carbocycles. The molecule has 6 nitrogen and oxygen atoms in total. The number of Topliss-reactive ketones (excluding diaryl/α,β-unsaturated/α-hetero) is 2. The first-order valence-corrected chi connectivity index (χ1v) is 10.9. The number of anilines is 1. The summed E-state index contributed by atoms with van der Waals surface area (Å²) in [5, 5.41) is 0. The maximum atomic E-state index is 14.1. The molecule has 0 N–H and O–H groups in total. The molecular formula is C27H18FNO5. The van der Waals surface area contributed by atoms with E-state index in [1.165, 1.54) is 30.3 Å². The van der Waals surface area contributed by atoms with E-state index in [0.717, 1.165) is 10.5 Å². The van der Waals surface area contributed by atoms with E-state index in [1.807, 2.05) is 6.92 Å². The van der Waals surface area contributed by atoms with Gasteiger partial charge in [-0.05, 0) is 36.8 Å². The van der Waals surface area contributed by atoms with Crippen LogP contribution in [0.15, 0.2) is 72.8 Å². The lowest BCUT2D eigenvalue weighted by atomic mass is 9.77. The summed E-state index contributed by atoms with van der Waals surface area (Å²) in [6.07, 6.45) is -1.14. The molecule has 2 aliphatic heterocycles. The van der Waals surface area contributed by atoms with E-state index in [-0.39, 0.29) is 16.7 Å². The Hall–Kier alpha value is -3.97. The number of ketones is 2. The molecule has 1 aliphatic carbocycles. The fourth-order valence-electron chi connectivity index (χ4n) is 5.45. The molecule has 168 valence electrons. The monoisotopic (exact) mass is 455 g/mol. The highest BCUT2D eigenvalue weighted by molar-refractivity contribution is 6.37. The topological polar surface area (TPSA) is 80.8 Å². The molecule has 3 aliphatic rings. The Balaban J connectivity index is 1.55. The first-order valence-electron chi connectivity index (χ1n) is 10.9. The molecule has 7 heteroatoms. The standard InChI is InChI=1S/C27H18FNO5/c1-14-9-11-17(12-10-14)29-25(32)20-21(26(29)33)27(34-22(20)15-5-4-6-16(28)13-15)23(30)18-7-2-3-8-19(18)24(27)31/h2-13,20-22H,1H3. The number of halogens is 1. The van der Waals surface area contributed by atoms with Gasteiger partial charge in [0.15, 0.2) is 0 Å². The average molecular weight is 455 g/mol. The Kier molecular flexibility index (Phi) is 4.25. The predicted molar refractivity (Wildman–Crippen MR) is 119 cm³/mol. The summed E-state index contributed by atoms with van der Waals surface area (Å²) >= 11 is 0. The Bertz CT molecular complexity index is 1380. The lowest BCUT2D eigenvalue weighted by Gasteiger charge is -2.27. The van der Waals surface area contributed by atoms with Gasteiger partial charge < -0.3 is 4.74 Å². The third-order valence-electron chi connectivity index (χ3n) is 6.99. The quantitative estimate of drug-likeness (QED) is 0.433. The second-order valence-corrected chi connectivity index (χ2v) is 8.88. The van der Waals surface area contributed by atoms with Crippen molar-refractivity contribution in [3.63, 3.8) is 0 Å². The molecule has 2 amide bonds. The number of hydrogen-bond acceptors (Lipinski definition) is 5. The van der Waals surface area contributed by atoms with E-state index >= 15 is 0 Å². The van der Waals surface area contributed by atoms with E-state index in [2.05, 4.69) is 0 Å². The van der Waals surface area contributed by atoms with Crippen LogP contribution >= 0.6 is 0 Å². The SMILES string of the molecule is Cc1ccc(N2C(=O)C3C(c4cccc(F)c4)OC4(C(=O)c5ccccc5C4=O)C3C2=O)cc1. The van der Waals surface area contributed by atoms with Crippen molar-refractivity contribution in [1.82, 2.24) is 0 Å². The number of amides is 2. The smallest absolute Gasteiger partial charge is 0.241 e. The predicted octanol–water partition coefficient (Wildman–Crippen LogP) is 3.83. The van der Waals surface area contributed by atoms with E-state index in [4.69, 9.17) is 4.74 Å². The molecule has 1 spiro atoms. The zero-order valence-corrected chi connectivity index (χ0v) is 18.0. The Morgan fingerprint density at radius 1 is 0.824 bits per heavy atom. The summed E-state index contributed by atoms with van der Waals surface area (Å²) in [6.45, 7) is 1.88. The molecular weight excluding hydrogens is 437 g/mol. The van der Waals surface area contributed by atoms with E-state index in [1.54, 1.807) is 42.5 Å². The van der Waals surface area contributed by atoms with Gasteiger partial charge in [-0.3, -0.25) is 19.2 Å². The van der Waals surface area contributed by atoms with Crippen molar-refractivity contribution in [3.8, 4) is 0 Å². The Morgan fingerprint density at radius 3 is 2.09 bits per heavy atom. The molecule has 2 fully saturated rings. The summed E-state index contributed by atoms with van der Waals surface area (Å²) in [6, 6.07) is 18.6. The van der Waals surface area contributed by atoms with Crippen molar-refractivity contribution in [3.05, 3.63) is 101 Å². The summed E-state index contributed by atoms with van der Waals surface area (Å²) in [5.74, 6) is -5.62. The van der Waals surface area contributed by atoms with Gasteiger partial charge in [0.25, 0.3) is 0 Å². The number of ether oxygens (including phenoxy) is 1. The first kappa shape index (κ1) is 20.6. The summed E-state index contributed by atoms with van der Waals surface area (Å²) in [7, 11) is 0. The molecule has 2 heterocycles. The van der Waals surface area contributed by atoms with Crippen molar-refractivity contribution in [2.75, 3.05) is 4.90 Å². The van der Waals surface area contributed by atoms with E-state index in [0.29, 0.717) is 5.69 Å². The van der Waals surface area contributed by atoms with Crippen LogP contribution in [-0.4, -0.2) is 29.0 Å². The van der Waals surface area contributed by atoms with Crippen molar-refractivity contribution in [2.45, 2.75) is 18.6 Å². The molecule has 0 aromatic heterocycles. The molecule has 3 aromatic rings. The Morgan fingerprint density at radius 2 is 1.47 bits per heavy atom. The molecule has 3 aromatic carbocycles. The van der Waals surface area contributed by atoms with E-state index in [9.17, 15) is 23.6 Å². The highest BCUT2D eigenvalue weighted by Crippen LogP contribution is 2.57. The van der Waals surface area contributed by atoms with Gasteiger partial charge in [-0.1, -0.05) is 54.1 Å². The number of benzene rings is 3. The number of nitrogens with zero attached hydrogens (tertiary/aromatic N) is 1. The van der Waals surface area contributed by atoms with Crippen molar-refractivity contribution >= 4 is 29.1 Å². The van der Waals surface area contributed by atoms with Gasteiger partial charge in [0, 0.05) is 11.1 Å². The molecule has 34 heavy (non-hydrogen) atoms. The van der Waals surface area contributed by atoms with Crippen LogP contribution in [0.3, 0.4) is 0 Å². The van der Waals surface area contributed by atoms with Crippen LogP contribution in [0.4, 0.5) is 10.1 Å². The molecule has 3 atom stereocenters. The zero-order chi connectivity index (χ0) is 23.8. The third kappa shape index (κ3) is 2.53. The van der Waals surface area contributed by atoms with Crippen LogP contribution in [0.25, 0.3) is 0 Å².